The maximum Gasteiger partial charge on any atom is 0.164 e. The number of aliphatic hydroxyl groups is 1. The number of hydrogen-bond acceptors (Lipinski definition) is 6. The Bertz CT molecular complexity index is 804. The number of ether oxygens (including phenoxy) is 1. The molecule has 22 heavy (non-hydrogen) atoms. The predicted octanol–water partition coefficient (Wildman–Crippen LogP) is 2.41. The van der Waals surface area contributed by atoms with Crippen molar-refractivity contribution in [2.45, 2.75) is 31.8 Å². The third-order valence-electron chi connectivity index (χ3n) is 4.00. The number of aromatic nitrogens is 3. The van der Waals surface area contributed by atoms with E-state index in [1.165, 1.54) is 0 Å². The first-order valence-corrected chi connectivity index (χ1v) is 8.02. The van der Waals surface area contributed by atoms with Crippen molar-refractivity contribution in [3.05, 3.63) is 29.9 Å². The molecule has 0 bridgehead atoms. The van der Waals surface area contributed by atoms with Crippen LogP contribution in [0.3, 0.4) is 0 Å². The third-order valence-corrected chi connectivity index (χ3v) is 4.91. The van der Waals surface area contributed by atoms with E-state index in [9.17, 15) is 5.11 Å². The monoisotopic (exact) mass is 316 g/mol. The molecule has 1 aliphatic heterocycles. The molecule has 3 N–H and O–H groups in total. The number of aliphatic hydroxyl groups excluding tert-OH is 1. The van der Waals surface area contributed by atoms with E-state index in [2.05, 4.69) is 9.97 Å². The molecule has 0 aromatic carbocycles. The zero-order chi connectivity index (χ0) is 15.3. The number of nitrogen functional groups attached to an aromatic ring is 1. The van der Waals surface area contributed by atoms with Crippen molar-refractivity contribution in [1.82, 2.24) is 14.5 Å². The number of anilines is 1. The number of hydrogen-bond donors (Lipinski definition) is 2. The Morgan fingerprint density at radius 1 is 1.50 bits per heavy atom. The van der Waals surface area contributed by atoms with Crippen molar-refractivity contribution in [2.75, 3.05) is 5.73 Å². The highest BCUT2D eigenvalue weighted by atomic mass is 32.1. The van der Waals surface area contributed by atoms with Crippen LogP contribution in [0.25, 0.3) is 21.6 Å². The Hall–Kier alpha value is -1.96. The van der Waals surface area contributed by atoms with Crippen molar-refractivity contribution >= 4 is 28.3 Å². The molecule has 3 aromatic heterocycles. The van der Waals surface area contributed by atoms with Crippen LogP contribution < -0.4 is 5.73 Å². The molecule has 1 aliphatic rings. The van der Waals surface area contributed by atoms with Gasteiger partial charge in [-0.3, -0.25) is 4.57 Å². The molecule has 1 saturated heterocycles. The third kappa shape index (κ3) is 2.09. The number of pyridine rings is 1. The van der Waals surface area contributed by atoms with Crippen LogP contribution >= 0.6 is 11.3 Å². The average molecular weight is 316 g/mol. The molecule has 1 fully saturated rings. The van der Waals surface area contributed by atoms with Gasteiger partial charge in [0.1, 0.15) is 17.6 Å². The lowest BCUT2D eigenvalue weighted by Gasteiger charge is -2.13. The topological polar surface area (TPSA) is 86.2 Å². The molecule has 114 valence electrons. The van der Waals surface area contributed by atoms with Gasteiger partial charge in [0.2, 0.25) is 0 Å². The maximum atomic E-state index is 9.90. The lowest BCUT2D eigenvalue weighted by Crippen LogP contribution is -2.15. The first kappa shape index (κ1) is 13.7. The number of nitrogens with two attached hydrogens (primary N) is 1. The number of fused-ring (bicyclic) bond motifs is 1. The van der Waals surface area contributed by atoms with Crippen molar-refractivity contribution in [2.24, 2.45) is 0 Å². The van der Waals surface area contributed by atoms with Crippen LogP contribution in [-0.2, 0) is 4.74 Å². The second kappa shape index (κ2) is 5.05. The van der Waals surface area contributed by atoms with Crippen LogP contribution in [0, 0.1) is 0 Å². The van der Waals surface area contributed by atoms with E-state index in [4.69, 9.17) is 10.5 Å². The molecule has 0 spiro atoms. The molecule has 3 atom stereocenters. The number of rotatable bonds is 2. The summed E-state index contributed by atoms with van der Waals surface area (Å²) in [4.78, 5) is 10.0. The molecule has 2 unspecified atom stereocenters. The summed E-state index contributed by atoms with van der Waals surface area (Å²) < 4.78 is 7.65. The minimum Gasteiger partial charge on any atom is -0.390 e. The summed E-state index contributed by atoms with van der Waals surface area (Å²) in [6.07, 6.45) is 1.31. The van der Waals surface area contributed by atoms with Crippen LogP contribution in [0.15, 0.2) is 29.9 Å². The van der Waals surface area contributed by atoms with Crippen LogP contribution in [-0.4, -0.2) is 31.8 Å². The molecular formula is C15H16N4O2S. The van der Waals surface area contributed by atoms with Gasteiger partial charge in [0, 0.05) is 16.9 Å². The molecular weight excluding hydrogens is 300 g/mol. The highest BCUT2D eigenvalue weighted by Crippen LogP contribution is 2.35. The molecule has 4 rings (SSSR count). The Labute approximate surface area is 131 Å². The summed E-state index contributed by atoms with van der Waals surface area (Å²) in [6, 6.07) is 5.88. The number of thiophene rings is 1. The van der Waals surface area contributed by atoms with Crippen molar-refractivity contribution < 1.29 is 9.84 Å². The number of imidazole rings is 1. The zero-order valence-corrected chi connectivity index (χ0v) is 12.8. The van der Waals surface area contributed by atoms with Crippen LogP contribution in [0.4, 0.5) is 5.82 Å². The normalized spacial score (nSPS) is 25.1. The molecule has 3 aromatic rings. The molecule has 0 amide bonds. The van der Waals surface area contributed by atoms with Gasteiger partial charge in [0.15, 0.2) is 5.65 Å². The summed E-state index contributed by atoms with van der Waals surface area (Å²) in [7, 11) is 0. The molecule has 0 radical (unpaired) electrons. The number of nitrogens with zero attached hydrogens (tertiary/aromatic N) is 3. The lowest BCUT2D eigenvalue weighted by atomic mass is 10.2. The first-order valence-electron chi connectivity index (χ1n) is 7.14. The second-order valence-electron chi connectivity index (χ2n) is 5.49. The minimum atomic E-state index is -0.472. The van der Waals surface area contributed by atoms with Gasteiger partial charge in [0.05, 0.1) is 18.5 Å². The summed E-state index contributed by atoms with van der Waals surface area (Å²) in [6.45, 7) is 1.86. The Morgan fingerprint density at radius 3 is 3.05 bits per heavy atom. The van der Waals surface area contributed by atoms with Crippen molar-refractivity contribution in [3.63, 3.8) is 0 Å². The fourth-order valence-electron chi connectivity index (χ4n) is 2.83. The smallest absolute Gasteiger partial charge is 0.164 e. The summed E-state index contributed by atoms with van der Waals surface area (Å²) >= 11 is 1.64. The van der Waals surface area contributed by atoms with Gasteiger partial charge >= 0.3 is 0 Å². The molecule has 7 heteroatoms. The van der Waals surface area contributed by atoms with E-state index >= 15 is 0 Å². The Balaban J connectivity index is 1.86. The van der Waals surface area contributed by atoms with Crippen LogP contribution in [0.1, 0.15) is 19.6 Å². The molecule has 4 heterocycles. The van der Waals surface area contributed by atoms with Crippen LogP contribution in [0.5, 0.6) is 0 Å². The van der Waals surface area contributed by atoms with E-state index < -0.39 is 6.10 Å². The van der Waals surface area contributed by atoms with Gasteiger partial charge in [-0.2, -0.15) is 0 Å². The lowest BCUT2D eigenvalue weighted by molar-refractivity contribution is -0.00631. The highest BCUT2D eigenvalue weighted by molar-refractivity contribution is 7.13. The standard InChI is InChI=1S/C15H16N4O2S/c1-8-10(20)6-13(21-8)19-7-17-14-9(11-3-2-4-22-11)5-12(16)18-15(14)19/h2-5,7-8,10,13,20H,6H2,1H3,(H2,16,18)/t8?,10-,13?/m1/s1. The Morgan fingerprint density at radius 2 is 2.36 bits per heavy atom. The molecule has 0 aliphatic carbocycles. The first-order chi connectivity index (χ1) is 10.6. The fraction of sp³-hybridized carbons (Fsp3) is 0.333. The minimum absolute atomic E-state index is 0.194. The molecule has 6 nitrogen and oxygen atoms in total. The fourth-order valence-corrected chi connectivity index (χ4v) is 3.57. The summed E-state index contributed by atoms with van der Waals surface area (Å²) in [5.74, 6) is 0.448. The van der Waals surface area contributed by atoms with E-state index in [0.29, 0.717) is 17.9 Å². The van der Waals surface area contributed by atoms with E-state index in [1.807, 2.05) is 35.1 Å². The van der Waals surface area contributed by atoms with Gasteiger partial charge in [0.25, 0.3) is 0 Å². The van der Waals surface area contributed by atoms with Gasteiger partial charge in [-0.15, -0.1) is 11.3 Å². The maximum absolute atomic E-state index is 9.90. The molecule has 0 saturated carbocycles. The van der Waals surface area contributed by atoms with Gasteiger partial charge in [-0.05, 0) is 24.4 Å². The SMILES string of the molecule is CC1OC(n2cnc3c(-c4cccs4)cc(N)nc32)C[C@H]1O. The zero-order valence-electron chi connectivity index (χ0n) is 12.0. The highest BCUT2D eigenvalue weighted by Gasteiger charge is 2.33. The van der Waals surface area contributed by atoms with E-state index in [1.54, 1.807) is 17.7 Å². The average Bonchev–Trinajstić information content (AvgIpc) is 3.19. The summed E-state index contributed by atoms with van der Waals surface area (Å²) in [5.41, 5.74) is 8.44. The van der Waals surface area contributed by atoms with E-state index in [0.717, 1.165) is 16.0 Å². The van der Waals surface area contributed by atoms with Crippen molar-refractivity contribution in [1.29, 1.82) is 0 Å². The van der Waals surface area contributed by atoms with Gasteiger partial charge in [-0.1, -0.05) is 6.07 Å². The van der Waals surface area contributed by atoms with Crippen molar-refractivity contribution in [3.8, 4) is 10.4 Å². The van der Waals surface area contributed by atoms with Gasteiger partial charge in [-0.25, -0.2) is 9.97 Å². The second-order valence-corrected chi connectivity index (χ2v) is 6.44. The quantitative estimate of drug-likeness (QED) is 0.758. The van der Waals surface area contributed by atoms with Gasteiger partial charge < -0.3 is 15.6 Å². The Kier molecular flexibility index (Phi) is 3.14. The summed E-state index contributed by atoms with van der Waals surface area (Å²) in [5, 5.41) is 11.9. The largest absolute Gasteiger partial charge is 0.390 e. The van der Waals surface area contributed by atoms with Crippen LogP contribution in [0.2, 0.25) is 0 Å². The predicted molar refractivity (Wildman–Crippen MR) is 85.5 cm³/mol. The van der Waals surface area contributed by atoms with E-state index in [-0.39, 0.29) is 12.3 Å².